The van der Waals surface area contributed by atoms with Crippen LogP contribution in [0.1, 0.15) is 12.5 Å². The normalized spacial score (nSPS) is 11.0. The Morgan fingerprint density at radius 2 is 1.81 bits per heavy atom. The minimum absolute atomic E-state index is 0.0110. The van der Waals surface area contributed by atoms with Gasteiger partial charge in [-0.3, -0.25) is 14.9 Å². The third-order valence-electron chi connectivity index (χ3n) is 3.70. The fourth-order valence-electron chi connectivity index (χ4n) is 2.45. The smallest absolute Gasteiger partial charge is 0.269 e. The molecule has 0 saturated heterocycles. The molecule has 0 atom stereocenters. The molecule has 7 heteroatoms. The molecular formula is C19H14ClN3O3. The summed E-state index contributed by atoms with van der Waals surface area (Å²) in [6.07, 6.45) is 3.01. The van der Waals surface area contributed by atoms with E-state index in [1.54, 1.807) is 22.9 Å². The molecule has 0 bridgehead atoms. The van der Waals surface area contributed by atoms with Gasteiger partial charge in [0.05, 0.1) is 10.6 Å². The van der Waals surface area contributed by atoms with E-state index in [4.69, 9.17) is 11.6 Å². The van der Waals surface area contributed by atoms with Crippen LogP contribution in [0.4, 0.5) is 5.69 Å². The average molecular weight is 368 g/mol. The Labute approximate surface area is 154 Å². The van der Waals surface area contributed by atoms with Gasteiger partial charge in [-0.2, -0.15) is 5.10 Å². The van der Waals surface area contributed by atoms with Crippen molar-refractivity contribution in [2.45, 2.75) is 6.92 Å². The minimum atomic E-state index is -0.462. The summed E-state index contributed by atoms with van der Waals surface area (Å²) in [5, 5.41) is 15.8. The van der Waals surface area contributed by atoms with E-state index in [0.717, 1.165) is 5.69 Å². The molecule has 1 heterocycles. The lowest BCUT2D eigenvalue weighted by Crippen LogP contribution is -1.96. The lowest BCUT2D eigenvalue weighted by atomic mass is 10.1. The molecule has 0 saturated carbocycles. The van der Waals surface area contributed by atoms with Gasteiger partial charge in [0.15, 0.2) is 5.78 Å². The van der Waals surface area contributed by atoms with Crippen molar-refractivity contribution in [2.75, 3.05) is 0 Å². The molecule has 0 amide bonds. The topological polar surface area (TPSA) is 78.0 Å². The van der Waals surface area contributed by atoms with E-state index >= 15 is 0 Å². The second-order valence-electron chi connectivity index (χ2n) is 5.55. The van der Waals surface area contributed by atoms with Gasteiger partial charge in [0.2, 0.25) is 0 Å². The van der Waals surface area contributed by atoms with Crippen LogP contribution in [-0.2, 0) is 4.79 Å². The van der Waals surface area contributed by atoms with Crippen LogP contribution in [0.15, 0.2) is 60.7 Å². The van der Waals surface area contributed by atoms with E-state index in [1.807, 2.05) is 30.3 Å². The molecule has 0 unspecified atom stereocenters. The molecule has 6 nitrogen and oxygen atoms in total. The molecule has 0 radical (unpaired) electrons. The van der Waals surface area contributed by atoms with Crippen molar-refractivity contribution >= 4 is 29.1 Å². The molecule has 26 heavy (non-hydrogen) atoms. The third kappa shape index (κ3) is 3.55. The second-order valence-corrected chi connectivity index (χ2v) is 5.91. The Kier molecular flexibility index (Phi) is 4.95. The number of nitro benzene ring substituents is 1. The van der Waals surface area contributed by atoms with E-state index in [9.17, 15) is 14.9 Å². The molecule has 3 aromatic rings. The minimum Gasteiger partial charge on any atom is -0.295 e. The van der Waals surface area contributed by atoms with Crippen molar-refractivity contribution in [1.29, 1.82) is 0 Å². The molecular weight excluding hydrogens is 354 g/mol. The number of ketones is 1. The number of allylic oxidation sites excluding steroid dienone is 1. The zero-order chi connectivity index (χ0) is 18.7. The van der Waals surface area contributed by atoms with E-state index in [1.165, 1.54) is 25.1 Å². The van der Waals surface area contributed by atoms with Gasteiger partial charge in [0, 0.05) is 23.3 Å². The highest BCUT2D eigenvalue weighted by atomic mass is 35.5. The van der Waals surface area contributed by atoms with Gasteiger partial charge < -0.3 is 0 Å². The fourth-order valence-corrected chi connectivity index (χ4v) is 2.74. The number of benzene rings is 2. The molecule has 3 rings (SSSR count). The molecule has 2 aromatic carbocycles. The molecule has 0 fully saturated rings. The Hall–Kier alpha value is -3.25. The van der Waals surface area contributed by atoms with Gasteiger partial charge in [-0.05, 0) is 43.3 Å². The quantitative estimate of drug-likeness (QED) is 0.372. The number of nitrogens with zero attached hydrogens (tertiary/aromatic N) is 3. The summed E-state index contributed by atoms with van der Waals surface area (Å²) in [4.78, 5) is 21.7. The van der Waals surface area contributed by atoms with Gasteiger partial charge in [-0.25, -0.2) is 4.68 Å². The number of rotatable bonds is 5. The first-order chi connectivity index (χ1) is 12.5. The lowest BCUT2D eigenvalue weighted by Gasteiger charge is -2.01. The van der Waals surface area contributed by atoms with Crippen molar-refractivity contribution < 1.29 is 9.72 Å². The Balaban J connectivity index is 2.16. The predicted molar refractivity (Wildman–Crippen MR) is 100 cm³/mol. The Morgan fingerprint density at radius 3 is 2.38 bits per heavy atom. The van der Waals surface area contributed by atoms with Crippen LogP contribution in [0, 0.1) is 10.1 Å². The number of hydrogen-bond acceptors (Lipinski definition) is 4. The first-order valence-electron chi connectivity index (χ1n) is 7.75. The number of aromatic nitrogens is 2. The summed E-state index contributed by atoms with van der Waals surface area (Å²) >= 11 is 6.51. The SMILES string of the molecule is CC(=O)/C=C/c1c(-c2ccc([N+](=O)[O-])cc2)nn(-c2ccccc2)c1Cl. The van der Waals surface area contributed by atoms with Crippen LogP contribution in [0.2, 0.25) is 5.15 Å². The summed E-state index contributed by atoms with van der Waals surface area (Å²) in [6, 6.07) is 15.4. The van der Waals surface area contributed by atoms with E-state index in [-0.39, 0.29) is 11.5 Å². The van der Waals surface area contributed by atoms with Crippen LogP contribution < -0.4 is 0 Å². The predicted octanol–water partition coefficient (Wildman–Crippen LogP) is 4.70. The van der Waals surface area contributed by atoms with Gasteiger partial charge in [0.25, 0.3) is 5.69 Å². The molecule has 0 aliphatic heterocycles. The number of non-ortho nitro benzene ring substituents is 1. The standard InChI is InChI=1S/C19H14ClN3O3/c1-13(24)7-12-17-18(14-8-10-16(11-9-14)23(25)26)21-22(19(17)20)15-5-3-2-4-6-15/h2-12H,1H3/b12-7+. The maximum absolute atomic E-state index is 11.3. The van der Waals surface area contributed by atoms with E-state index in [2.05, 4.69) is 5.10 Å². The Bertz CT molecular complexity index is 993. The van der Waals surface area contributed by atoms with Gasteiger partial charge in [-0.15, -0.1) is 0 Å². The average Bonchev–Trinajstić information content (AvgIpc) is 2.97. The molecule has 0 spiro atoms. The maximum atomic E-state index is 11.3. The first-order valence-corrected chi connectivity index (χ1v) is 8.12. The van der Waals surface area contributed by atoms with Gasteiger partial charge in [0.1, 0.15) is 10.8 Å². The largest absolute Gasteiger partial charge is 0.295 e. The fraction of sp³-hybridized carbons (Fsp3) is 0.0526. The van der Waals surface area contributed by atoms with Crippen LogP contribution in [0.5, 0.6) is 0 Å². The van der Waals surface area contributed by atoms with Crippen molar-refractivity contribution in [3.63, 3.8) is 0 Å². The number of nitro groups is 1. The first kappa shape index (κ1) is 17.6. The second kappa shape index (κ2) is 7.33. The lowest BCUT2D eigenvalue weighted by molar-refractivity contribution is -0.384. The van der Waals surface area contributed by atoms with Crippen LogP contribution in [0.3, 0.4) is 0 Å². The maximum Gasteiger partial charge on any atom is 0.269 e. The van der Waals surface area contributed by atoms with Crippen LogP contribution in [0.25, 0.3) is 23.0 Å². The highest BCUT2D eigenvalue weighted by molar-refractivity contribution is 6.32. The zero-order valence-electron chi connectivity index (χ0n) is 13.8. The molecule has 1 aromatic heterocycles. The summed E-state index contributed by atoms with van der Waals surface area (Å²) in [6.45, 7) is 1.44. The van der Waals surface area contributed by atoms with Crippen molar-refractivity contribution in [3.8, 4) is 16.9 Å². The summed E-state index contributed by atoms with van der Waals surface area (Å²) < 4.78 is 1.57. The summed E-state index contributed by atoms with van der Waals surface area (Å²) in [5.41, 5.74) is 2.52. The van der Waals surface area contributed by atoms with Crippen molar-refractivity contribution in [2.24, 2.45) is 0 Å². The zero-order valence-corrected chi connectivity index (χ0v) is 14.6. The van der Waals surface area contributed by atoms with Gasteiger partial charge >= 0.3 is 0 Å². The van der Waals surface area contributed by atoms with E-state index < -0.39 is 4.92 Å². The van der Waals surface area contributed by atoms with E-state index in [0.29, 0.717) is 22.0 Å². The molecule has 0 aliphatic rings. The molecule has 0 aliphatic carbocycles. The van der Waals surface area contributed by atoms with Crippen LogP contribution >= 0.6 is 11.6 Å². The Morgan fingerprint density at radius 1 is 1.15 bits per heavy atom. The number of carbonyl (C=O) groups excluding carboxylic acids is 1. The monoisotopic (exact) mass is 367 g/mol. The van der Waals surface area contributed by atoms with Gasteiger partial charge in [-0.1, -0.05) is 29.8 Å². The molecule has 0 N–H and O–H groups in total. The third-order valence-corrected chi connectivity index (χ3v) is 4.06. The summed E-state index contributed by atoms with van der Waals surface area (Å²) in [7, 11) is 0. The van der Waals surface area contributed by atoms with Crippen LogP contribution in [-0.4, -0.2) is 20.5 Å². The highest BCUT2D eigenvalue weighted by Crippen LogP contribution is 2.32. The number of carbonyl (C=O) groups is 1. The highest BCUT2D eigenvalue weighted by Gasteiger charge is 2.18. The summed E-state index contributed by atoms with van der Waals surface area (Å²) in [5.74, 6) is -0.122. The molecule has 130 valence electrons. The number of para-hydroxylation sites is 1. The van der Waals surface area contributed by atoms with Crippen molar-refractivity contribution in [1.82, 2.24) is 9.78 Å². The number of hydrogen-bond donors (Lipinski definition) is 0. The van der Waals surface area contributed by atoms with Crippen molar-refractivity contribution in [3.05, 3.63) is 81.5 Å². The number of halogens is 1.